The lowest BCUT2D eigenvalue weighted by molar-refractivity contribution is -0.136. The number of carbonyl (C=O) groups excluding carboxylic acids is 3. The standard InChI is InChI=1S/C22H26N2O5/c1-15-9-11-16(12-10-15)24(2)20(25)14-29-22(27)17-6-3-4-7-18(17)23-21(26)19-8-5-13-28-19/h3-8,13,15-16H,9-12,14H2,1-2H3,(H,23,26). The normalized spacial score (nSPS) is 18.7. The number of amides is 2. The van der Waals surface area contributed by atoms with Crippen LogP contribution in [-0.4, -0.2) is 42.4 Å². The van der Waals surface area contributed by atoms with E-state index in [0.29, 0.717) is 11.6 Å². The molecule has 1 saturated carbocycles. The number of benzene rings is 1. The highest BCUT2D eigenvalue weighted by Gasteiger charge is 2.26. The number of likely N-dealkylation sites (N-methyl/N-ethyl adjacent to an activating group) is 1. The van der Waals surface area contributed by atoms with Gasteiger partial charge >= 0.3 is 5.97 Å². The SMILES string of the molecule is CC1CCC(N(C)C(=O)COC(=O)c2ccccc2NC(=O)c2ccco2)CC1. The summed E-state index contributed by atoms with van der Waals surface area (Å²) in [5.74, 6) is -0.542. The Hall–Kier alpha value is -3.09. The van der Waals surface area contributed by atoms with E-state index < -0.39 is 11.9 Å². The lowest BCUT2D eigenvalue weighted by atomic mass is 9.87. The number of carbonyl (C=O) groups is 3. The topological polar surface area (TPSA) is 88.9 Å². The number of nitrogens with one attached hydrogen (secondary N) is 1. The summed E-state index contributed by atoms with van der Waals surface area (Å²) >= 11 is 0. The molecule has 1 aliphatic carbocycles. The zero-order valence-corrected chi connectivity index (χ0v) is 16.7. The van der Waals surface area contributed by atoms with Gasteiger partial charge in [0.2, 0.25) is 0 Å². The molecule has 0 unspecified atom stereocenters. The van der Waals surface area contributed by atoms with Gasteiger partial charge in [0.1, 0.15) is 0 Å². The van der Waals surface area contributed by atoms with Crippen LogP contribution in [0, 0.1) is 5.92 Å². The van der Waals surface area contributed by atoms with Crippen LogP contribution >= 0.6 is 0 Å². The molecule has 7 nitrogen and oxygen atoms in total. The Kier molecular flexibility index (Phi) is 6.69. The fraction of sp³-hybridized carbons (Fsp3) is 0.409. The second kappa shape index (κ2) is 9.41. The number of nitrogens with zero attached hydrogens (tertiary/aromatic N) is 1. The maximum atomic E-state index is 12.5. The average molecular weight is 398 g/mol. The van der Waals surface area contributed by atoms with Crippen molar-refractivity contribution >= 4 is 23.5 Å². The summed E-state index contributed by atoms with van der Waals surface area (Å²) < 4.78 is 10.3. The van der Waals surface area contributed by atoms with Crippen LogP contribution in [-0.2, 0) is 9.53 Å². The summed E-state index contributed by atoms with van der Waals surface area (Å²) in [4.78, 5) is 38.8. The van der Waals surface area contributed by atoms with Gasteiger partial charge < -0.3 is 19.4 Å². The molecule has 1 aromatic carbocycles. The first kappa shape index (κ1) is 20.6. The number of hydrogen-bond acceptors (Lipinski definition) is 5. The van der Waals surface area contributed by atoms with Crippen LogP contribution in [0.1, 0.15) is 53.5 Å². The van der Waals surface area contributed by atoms with E-state index in [4.69, 9.17) is 9.15 Å². The Morgan fingerprint density at radius 2 is 1.83 bits per heavy atom. The fourth-order valence-electron chi connectivity index (χ4n) is 3.50. The van der Waals surface area contributed by atoms with Crippen molar-refractivity contribution in [2.45, 2.75) is 38.6 Å². The molecular weight excluding hydrogens is 372 g/mol. The van der Waals surface area contributed by atoms with E-state index in [1.807, 2.05) is 0 Å². The highest BCUT2D eigenvalue weighted by Crippen LogP contribution is 2.26. The van der Waals surface area contributed by atoms with E-state index in [1.54, 1.807) is 36.2 Å². The predicted molar refractivity (Wildman–Crippen MR) is 108 cm³/mol. The fourth-order valence-corrected chi connectivity index (χ4v) is 3.50. The van der Waals surface area contributed by atoms with Gasteiger partial charge in [0, 0.05) is 13.1 Å². The van der Waals surface area contributed by atoms with E-state index in [2.05, 4.69) is 12.2 Å². The lowest BCUT2D eigenvalue weighted by Gasteiger charge is -2.33. The number of esters is 1. The maximum absolute atomic E-state index is 12.5. The van der Waals surface area contributed by atoms with Gasteiger partial charge in [-0.25, -0.2) is 4.79 Å². The molecule has 1 fully saturated rings. The third kappa shape index (κ3) is 5.25. The largest absolute Gasteiger partial charge is 0.459 e. The van der Waals surface area contributed by atoms with Gasteiger partial charge in [0.15, 0.2) is 12.4 Å². The van der Waals surface area contributed by atoms with Gasteiger partial charge in [-0.3, -0.25) is 9.59 Å². The Bertz CT molecular complexity index is 854. The molecule has 154 valence electrons. The van der Waals surface area contributed by atoms with Crippen LogP contribution in [0.2, 0.25) is 0 Å². The van der Waals surface area contributed by atoms with Crippen molar-refractivity contribution in [1.29, 1.82) is 0 Å². The van der Waals surface area contributed by atoms with Gasteiger partial charge in [-0.2, -0.15) is 0 Å². The van der Waals surface area contributed by atoms with Crippen LogP contribution in [0.5, 0.6) is 0 Å². The van der Waals surface area contributed by atoms with E-state index in [-0.39, 0.29) is 29.9 Å². The monoisotopic (exact) mass is 398 g/mol. The molecule has 0 bridgehead atoms. The molecule has 0 atom stereocenters. The summed E-state index contributed by atoms with van der Waals surface area (Å²) in [5, 5.41) is 2.63. The zero-order chi connectivity index (χ0) is 20.8. The van der Waals surface area contributed by atoms with Crippen molar-refractivity contribution in [3.05, 3.63) is 54.0 Å². The Labute approximate surface area is 170 Å². The third-order valence-corrected chi connectivity index (χ3v) is 5.39. The molecule has 7 heteroatoms. The minimum Gasteiger partial charge on any atom is -0.459 e. The molecule has 1 heterocycles. The second-order valence-corrected chi connectivity index (χ2v) is 7.47. The summed E-state index contributed by atoms with van der Waals surface area (Å²) in [5.41, 5.74) is 0.468. The van der Waals surface area contributed by atoms with Gasteiger partial charge in [0.05, 0.1) is 17.5 Å². The number of rotatable bonds is 6. The zero-order valence-electron chi connectivity index (χ0n) is 16.7. The molecule has 3 rings (SSSR count). The van der Waals surface area contributed by atoms with Crippen LogP contribution in [0.3, 0.4) is 0 Å². The quantitative estimate of drug-likeness (QED) is 0.749. The van der Waals surface area contributed by atoms with Gasteiger partial charge in [-0.15, -0.1) is 0 Å². The summed E-state index contributed by atoms with van der Waals surface area (Å²) in [6.45, 7) is 1.89. The molecule has 0 saturated heterocycles. The Morgan fingerprint density at radius 1 is 1.10 bits per heavy atom. The molecule has 1 aliphatic rings. The number of anilines is 1. The summed E-state index contributed by atoms with van der Waals surface area (Å²) in [6, 6.07) is 9.80. The van der Waals surface area contributed by atoms with Gasteiger partial charge in [0.25, 0.3) is 11.8 Å². The van der Waals surface area contributed by atoms with Crippen molar-refractivity contribution in [2.24, 2.45) is 5.92 Å². The molecule has 0 spiro atoms. The molecule has 2 aromatic rings. The van der Waals surface area contributed by atoms with E-state index >= 15 is 0 Å². The molecule has 0 aliphatic heterocycles. The first-order valence-electron chi connectivity index (χ1n) is 9.82. The predicted octanol–water partition coefficient (Wildman–Crippen LogP) is 3.73. The smallest absolute Gasteiger partial charge is 0.340 e. The first-order valence-corrected chi connectivity index (χ1v) is 9.82. The first-order chi connectivity index (χ1) is 14.0. The third-order valence-electron chi connectivity index (χ3n) is 5.39. The average Bonchev–Trinajstić information content (AvgIpc) is 3.27. The van der Waals surface area contributed by atoms with Crippen molar-refractivity contribution < 1.29 is 23.5 Å². The highest BCUT2D eigenvalue weighted by atomic mass is 16.5. The van der Waals surface area contributed by atoms with Gasteiger partial charge in [-0.05, 0) is 55.9 Å². The number of ether oxygens (including phenoxy) is 1. The second-order valence-electron chi connectivity index (χ2n) is 7.47. The van der Waals surface area contributed by atoms with E-state index in [0.717, 1.165) is 25.7 Å². The van der Waals surface area contributed by atoms with Crippen molar-refractivity contribution in [3.63, 3.8) is 0 Å². The van der Waals surface area contributed by atoms with Crippen LogP contribution < -0.4 is 5.32 Å². The highest BCUT2D eigenvalue weighted by molar-refractivity contribution is 6.06. The molecular formula is C22H26N2O5. The van der Waals surface area contributed by atoms with Crippen LogP contribution in [0.15, 0.2) is 47.1 Å². The van der Waals surface area contributed by atoms with E-state index in [1.165, 1.54) is 18.4 Å². The molecule has 0 radical (unpaired) electrons. The van der Waals surface area contributed by atoms with Crippen LogP contribution in [0.4, 0.5) is 5.69 Å². The minimum absolute atomic E-state index is 0.131. The number of hydrogen-bond donors (Lipinski definition) is 1. The Morgan fingerprint density at radius 3 is 2.52 bits per heavy atom. The molecule has 29 heavy (non-hydrogen) atoms. The van der Waals surface area contributed by atoms with Crippen molar-refractivity contribution in [2.75, 3.05) is 19.0 Å². The summed E-state index contributed by atoms with van der Waals surface area (Å²) in [6.07, 6.45) is 5.54. The van der Waals surface area contributed by atoms with E-state index in [9.17, 15) is 14.4 Å². The molecule has 1 aromatic heterocycles. The molecule has 2 amide bonds. The number of furan rings is 1. The Balaban J connectivity index is 1.58. The lowest BCUT2D eigenvalue weighted by Crippen LogP contribution is -2.41. The number of para-hydroxylation sites is 1. The molecule has 1 N–H and O–H groups in total. The van der Waals surface area contributed by atoms with Crippen molar-refractivity contribution in [1.82, 2.24) is 4.90 Å². The minimum atomic E-state index is -0.667. The van der Waals surface area contributed by atoms with Gasteiger partial charge in [-0.1, -0.05) is 19.1 Å². The maximum Gasteiger partial charge on any atom is 0.340 e. The van der Waals surface area contributed by atoms with Crippen molar-refractivity contribution in [3.8, 4) is 0 Å². The summed E-state index contributed by atoms with van der Waals surface area (Å²) in [7, 11) is 1.76. The van der Waals surface area contributed by atoms with Crippen LogP contribution in [0.25, 0.3) is 0 Å².